The van der Waals surface area contributed by atoms with E-state index < -0.39 is 56.2 Å². The number of hydrogen-bond acceptors (Lipinski definition) is 5. The number of likely N-dealkylation sites (N-methyl/N-ethyl adjacent to an activating group) is 1. The molecule has 1 aromatic heterocycles. The van der Waals surface area contributed by atoms with Gasteiger partial charge in [0.25, 0.3) is 0 Å². The first-order valence-electron chi connectivity index (χ1n) is 13.6. The van der Waals surface area contributed by atoms with E-state index in [9.17, 15) is 43.9 Å². The molecule has 0 saturated carbocycles. The molecule has 1 amide bonds. The Morgan fingerprint density at radius 2 is 1.53 bits per heavy atom. The quantitative estimate of drug-likeness (QED) is 0.301. The van der Waals surface area contributed by atoms with Gasteiger partial charge in [0.1, 0.15) is 11.6 Å². The summed E-state index contributed by atoms with van der Waals surface area (Å²) in [5.74, 6) is -0.927. The van der Waals surface area contributed by atoms with E-state index in [2.05, 4.69) is 9.71 Å². The second-order valence-electron chi connectivity index (χ2n) is 11.6. The van der Waals surface area contributed by atoms with E-state index in [1.165, 1.54) is 45.3 Å². The number of nitrogens with zero attached hydrogens (tertiary/aromatic N) is 3. The monoisotopic (exact) mass is 660 g/mol. The first-order valence-corrected chi connectivity index (χ1v) is 15.5. The van der Waals surface area contributed by atoms with Gasteiger partial charge in [0.15, 0.2) is 0 Å². The molecule has 0 bridgehead atoms. The Hall–Kier alpha value is -3.72. The summed E-state index contributed by atoms with van der Waals surface area (Å²) >= 11 is 0. The molecule has 1 unspecified atom stereocenters. The zero-order chi connectivity index (χ0) is 33.7. The van der Waals surface area contributed by atoms with Gasteiger partial charge >= 0.3 is 12.4 Å². The lowest BCUT2D eigenvalue weighted by Gasteiger charge is -2.32. The molecule has 1 aliphatic rings. The van der Waals surface area contributed by atoms with Gasteiger partial charge in [-0.15, -0.1) is 0 Å². The summed E-state index contributed by atoms with van der Waals surface area (Å²) in [4.78, 5) is 21.3. The van der Waals surface area contributed by atoms with Crippen molar-refractivity contribution in [3.63, 3.8) is 0 Å². The lowest BCUT2D eigenvalue weighted by Crippen LogP contribution is -2.42. The molecule has 4 rings (SSSR count). The van der Waals surface area contributed by atoms with Crippen LogP contribution in [0.15, 0.2) is 48.7 Å². The van der Waals surface area contributed by atoms with Crippen LogP contribution < -0.4 is 14.5 Å². The maximum absolute atomic E-state index is 14.0. The zero-order valence-electron chi connectivity index (χ0n) is 24.9. The number of benzene rings is 2. The van der Waals surface area contributed by atoms with Crippen molar-refractivity contribution in [1.82, 2.24) is 9.71 Å². The molecule has 1 atom stereocenters. The third kappa shape index (κ3) is 7.57. The van der Waals surface area contributed by atoms with Gasteiger partial charge < -0.3 is 9.80 Å². The summed E-state index contributed by atoms with van der Waals surface area (Å²) in [5, 5.41) is 0. The average molecular weight is 661 g/mol. The third-order valence-corrected chi connectivity index (χ3v) is 8.51. The Balaban J connectivity index is 1.79. The first kappa shape index (κ1) is 34.2. The number of carbonyl (C=O) groups excluding carboxylic acids is 1. The summed E-state index contributed by atoms with van der Waals surface area (Å²) in [7, 11) is -2.14. The predicted octanol–water partition coefficient (Wildman–Crippen LogP) is 6.30. The van der Waals surface area contributed by atoms with E-state index in [1.807, 2.05) is 4.90 Å². The molecule has 1 fully saturated rings. The van der Waals surface area contributed by atoms with E-state index in [1.54, 1.807) is 13.0 Å². The summed E-state index contributed by atoms with van der Waals surface area (Å²) in [5.41, 5.74) is -3.91. The highest BCUT2D eigenvalue weighted by Gasteiger charge is 2.41. The number of anilines is 2. The molecule has 15 heteroatoms. The number of pyridine rings is 1. The van der Waals surface area contributed by atoms with Crippen molar-refractivity contribution in [1.29, 1.82) is 0 Å². The highest BCUT2D eigenvalue weighted by Crippen LogP contribution is 2.41. The number of halogens is 7. The number of rotatable bonds is 7. The maximum atomic E-state index is 14.0. The number of sulfonamides is 1. The zero-order valence-corrected chi connectivity index (χ0v) is 25.8. The van der Waals surface area contributed by atoms with Crippen LogP contribution in [0.1, 0.15) is 42.5 Å². The second-order valence-corrected chi connectivity index (χ2v) is 13.4. The Labute approximate surface area is 256 Å². The Kier molecular flexibility index (Phi) is 9.03. The summed E-state index contributed by atoms with van der Waals surface area (Å²) in [6, 6.07) is 6.27. The fourth-order valence-corrected chi connectivity index (χ4v) is 6.16. The van der Waals surface area contributed by atoms with E-state index in [0.717, 1.165) is 11.2 Å². The molecule has 0 aliphatic carbocycles. The number of nitrogens with one attached hydrogen (secondary N) is 1. The molecular formula is C30H31F7N4O3S. The van der Waals surface area contributed by atoms with Crippen molar-refractivity contribution in [2.24, 2.45) is 0 Å². The Morgan fingerprint density at radius 3 is 2.07 bits per heavy atom. The number of carbonyl (C=O) groups is 1. The predicted molar refractivity (Wildman–Crippen MR) is 156 cm³/mol. The standard InChI is InChI=1S/C30H31F7N4O3S/c1-17-10-21(31)6-7-23(17)24-14-26(41-9-8-22(16-41)39-45(5,43)44)38-15-25(24)40(4)27(42)28(2,3)18-11-19(29(32,33)34)13-20(12-18)30(35,36)37/h6-7,10-15,22,39H,8-9,16H2,1-5H3. The van der Waals surface area contributed by atoms with Gasteiger partial charge in [0.05, 0.1) is 34.7 Å². The first-order chi connectivity index (χ1) is 20.6. The van der Waals surface area contributed by atoms with Crippen molar-refractivity contribution in [3.05, 3.63) is 76.7 Å². The number of aryl methyl sites for hydroxylation is 1. The molecule has 1 N–H and O–H groups in total. The lowest BCUT2D eigenvalue weighted by molar-refractivity contribution is -0.143. The highest BCUT2D eigenvalue weighted by atomic mass is 32.2. The average Bonchev–Trinajstić information content (AvgIpc) is 3.37. The third-order valence-electron chi connectivity index (χ3n) is 7.75. The van der Waals surface area contributed by atoms with Crippen molar-refractivity contribution in [2.45, 2.75) is 51.0 Å². The Morgan fingerprint density at radius 1 is 0.956 bits per heavy atom. The smallest absolute Gasteiger partial charge is 0.355 e. The van der Waals surface area contributed by atoms with Gasteiger partial charge in [-0.05, 0) is 80.3 Å². The van der Waals surface area contributed by atoms with E-state index in [-0.39, 0.29) is 17.8 Å². The van der Waals surface area contributed by atoms with Gasteiger partial charge in [0.2, 0.25) is 15.9 Å². The molecular weight excluding hydrogens is 629 g/mol. The normalized spacial score (nSPS) is 16.3. The van der Waals surface area contributed by atoms with Crippen LogP contribution in [-0.4, -0.2) is 51.7 Å². The van der Waals surface area contributed by atoms with E-state index in [0.29, 0.717) is 54.2 Å². The molecule has 1 saturated heterocycles. The Bertz CT molecular complexity index is 1690. The van der Waals surface area contributed by atoms with Gasteiger partial charge in [-0.2, -0.15) is 26.3 Å². The molecule has 3 aromatic rings. The number of hydrogen-bond donors (Lipinski definition) is 1. The van der Waals surface area contributed by atoms with Crippen molar-refractivity contribution in [3.8, 4) is 11.1 Å². The molecule has 0 spiro atoms. The van der Waals surface area contributed by atoms with Crippen LogP contribution in [-0.2, 0) is 32.6 Å². The molecule has 7 nitrogen and oxygen atoms in total. The maximum Gasteiger partial charge on any atom is 0.416 e. The van der Waals surface area contributed by atoms with Gasteiger partial charge in [0, 0.05) is 31.7 Å². The number of amides is 1. The SMILES string of the molecule is Cc1cc(F)ccc1-c1cc(N2CCC(NS(C)(=O)=O)C2)ncc1N(C)C(=O)C(C)(C)c1cc(C(F)(F)F)cc(C(F)(F)F)c1. The minimum atomic E-state index is -5.10. The summed E-state index contributed by atoms with van der Waals surface area (Å²) in [6.45, 7) is 4.83. The lowest BCUT2D eigenvalue weighted by atomic mass is 9.81. The topological polar surface area (TPSA) is 82.6 Å². The second kappa shape index (κ2) is 11.9. The summed E-state index contributed by atoms with van der Waals surface area (Å²) < 4.78 is 122. The van der Waals surface area contributed by atoms with Crippen LogP contribution >= 0.6 is 0 Å². The number of alkyl halides is 6. The largest absolute Gasteiger partial charge is 0.416 e. The van der Waals surface area contributed by atoms with Crippen molar-refractivity contribution < 1.29 is 43.9 Å². The van der Waals surface area contributed by atoms with Crippen LogP contribution in [0.3, 0.4) is 0 Å². The minimum Gasteiger partial charge on any atom is -0.355 e. The van der Waals surface area contributed by atoms with Crippen molar-refractivity contribution >= 4 is 27.4 Å². The van der Waals surface area contributed by atoms with E-state index in [4.69, 9.17) is 0 Å². The van der Waals surface area contributed by atoms with Gasteiger partial charge in [-0.25, -0.2) is 22.5 Å². The highest BCUT2D eigenvalue weighted by molar-refractivity contribution is 7.88. The van der Waals surface area contributed by atoms with Crippen molar-refractivity contribution in [2.75, 3.05) is 36.2 Å². The fourth-order valence-electron chi connectivity index (χ4n) is 5.36. The molecule has 1 aliphatic heterocycles. The molecule has 244 valence electrons. The van der Waals surface area contributed by atoms with Crippen LogP contribution in [0.2, 0.25) is 0 Å². The molecule has 45 heavy (non-hydrogen) atoms. The minimum absolute atomic E-state index is 0.000189. The number of aromatic nitrogens is 1. The molecule has 0 radical (unpaired) electrons. The molecule has 2 aromatic carbocycles. The van der Waals surface area contributed by atoms with Crippen LogP contribution in [0, 0.1) is 12.7 Å². The summed E-state index contributed by atoms with van der Waals surface area (Å²) in [6.07, 6.45) is -7.31. The van der Waals surface area contributed by atoms with Crippen LogP contribution in [0.25, 0.3) is 11.1 Å². The van der Waals surface area contributed by atoms with Crippen LogP contribution in [0.4, 0.5) is 42.2 Å². The van der Waals surface area contributed by atoms with Gasteiger partial charge in [-0.1, -0.05) is 6.07 Å². The fraction of sp³-hybridized carbons (Fsp3) is 0.400. The van der Waals surface area contributed by atoms with Crippen LogP contribution in [0.5, 0.6) is 0 Å². The van der Waals surface area contributed by atoms with Gasteiger partial charge in [-0.3, -0.25) is 4.79 Å². The molecule has 2 heterocycles. The van der Waals surface area contributed by atoms with E-state index >= 15 is 0 Å².